The van der Waals surface area contributed by atoms with E-state index in [9.17, 15) is 14.0 Å². The molecule has 0 bridgehead atoms. The molecule has 3 amide bonds. The van der Waals surface area contributed by atoms with Gasteiger partial charge >= 0.3 is 6.03 Å². The molecular weight excluding hydrogens is 415 g/mol. The second-order valence-corrected chi connectivity index (χ2v) is 9.79. The highest BCUT2D eigenvalue weighted by Gasteiger charge is 2.24. The molecule has 168 valence electrons. The molecule has 1 aliphatic rings. The molecule has 1 N–H and O–H groups in total. The molecule has 1 fully saturated rings. The molecule has 0 aliphatic carbocycles. The van der Waals surface area contributed by atoms with E-state index >= 15 is 0 Å². The number of rotatable bonds is 6. The van der Waals surface area contributed by atoms with Gasteiger partial charge < -0.3 is 15.1 Å². The predicted molar refractivity (Wildman–Crippen MR) is 122 cm³/mol. The van der Waals surface area contributed by atoms with Gasteiger partial charge in [-0.05, 0) is 49.9 Å². The lowest BCUT2D eigenvalue weighted by Gasteiger charge is -2.36. The largest absolute Gasteiger partial charge is 0.335 e. The number of nitrogens with zero attached hydrogens (tertiary/aromatic N) is 3. The standard InChI is InChI=1S/C23H31FN4O2S/c1-23(2,3)25-22(30)28(17-18-6-8-19(24)9-7-18)15-12-26-10-13-27(14-11-26)21(29)20-5-4-16-31-20/h4-9,16H,10-15,17H2,1-3H3,(H,25,30). The number of hydrogen-bond donors (Lipinski definition) is 1. The Kier molecular flexibility index (Phi) is 7.67. The third kappa shape index (κ3) is 7.04. The third-order valence-corrected chi connectivity index (χ3v) is 5.99. The molecule has 0 atom stereocenters. The molecule has 31 heavy (non-hydrogen) atoms. The van der Waals surface area contributed by atoms with Gasteiger partial charge in [0.25, 0.3) is 5.91 Å². The summed E-state index contributed by atoms with van der Waals surface area (Å²) >= 11 is 1.47. The van der Waals surface area contributed by atoms with Crippen LogP contribution >= 0.6 is 11.3 Å². The molecule has 1 saturated heterocycles. The van der Waals surface area contributed by atoms with Gasteiger partial charge in [0.2, 0.25) is 0 Å². The van der Waals surface area contributed by atoms with Crippen molar-refractivity contribution in [1.82, 2.24) is 20.0 Å². The van der Waals surface area contributed by atoms with Crippen molar-refractivity contribution in [2.45, 2.75) is 32.9 Å². The SMILES string of the molecule is CC(C)(C)NC(=O)N(CCN1CCN(C(=O)c2cccs2)CC1)Cc1ccc(F)cc1. The van der Waals surface area contributed by atoms with E-state index < -0.39 is 0 Å². The van der Waals surface area contributed by atoms with Crippen molar-refractivity contribution in [3.8, 4) is 0 Å². The van der Waals surface area contributed by atoms with Crippen molar-refractivity contribution in [2.24, 2.45) is 0 Å². The van der Waals surface area contributed by atoms with Gasteiger partial charge in [0.05, 0.1) is 4.88 Å². The highest BCUT2D eigenvalue weighted by Crippen LogP contribution is 2.14. The Bertz CT molecular complexity index is 857. The van der Waals surface area contributed by atoms with E-state index in [1.807, 2.05) is 43.2 Å². The van der Waals surface area contributed by atoms with Crippen LogP contribution in [-0.2, 0) is 6.54 Å². The van der Waals surface area contributed by atoms with Crippen LogP contribution in [0.5, 0.6) is 0 Å². The van der Waals surface area contributed by atoms with Crippen molar-refractivity contribution < 1.29 is 14.0 Å². The summed E-state index contributed by atoms with van der Waals surface area (Å²) in [6.07, 6.45) is 0. The van der Waals surface area contributed by atoms with Gasteiger partial charge in [-0.1, -0.05) is 18.2 Å². The van der Waals surface area contributed by atoms with E-state index in [4.69, 9.17) is 0 Å². The van der Waals surface area contributed by atoms with Crippen molar-refractivity contribution in [3.63, 3.8) is 0 Å². The summed E-state index contributed by atoms with van der Waals surface area (Å²) in [4.78, 5) is 32.1. The first kappa shape index (κ1) is 23.2. The number of amides is 3. The van der Waals surface area contributed by atoms with Gasteiger partial charge in [-0.3, -0.25) is 9.69 Å². The first-order valence-electron chi connectivity index (χ1n) is 10.6. The molecule has 8 heteroatoms. The topological polar surface area (TPSA) is 55.9 Å². The monoisotopic (exact) mass is 446 g/mol. The Morgan fingerprint density at radius 2 is 1.77 bits per heavy atom. The molecule has 2 aromatic rings. The average Bonchev–Trinajstić information content (AvgIpc) is 3.26. The Morgan fingerprint density at radius 3 is 2.35 bits per heavy atom. The van der Waals surface area contributed by atoms with Crippen molar-refractivity contribution in [3.05, 3.63) is 58.0 Å². The van der Waals surface area contributed by atoms with E-state index in [2.05, 4.69) is 10.2 Å². The van der Waals surface area contributed by atoms with Gasteiger partial charge in [0.15, 0.2) is 0 Å². The number of thiophene rings is 1. The first-order valence-corrected chi connectivity index (χ1v) is 11.5. The molecule has 1 aromatic carbocycles. The van der Waals surface area contributed by atoms with E-state index in [1.165, 1.54) is 23.5 Å². The molecular formula is C23H31FN4O2S. The number of benzene rings is 1. The minimum Gasteiger partial charge on any atom is -0.335 e. The van der Waals surface area contributed by atoms with Gasteiger partial charge in [0, 0.05) is 51.4 Å². The summed E-state index contributed by atoms with van der Waals surface area (Å²) in [6, 6.07) is 9.87. The fourth-order valence-corrected chi connectivity index (χ4v) is 4.15. The Morgan fingerprint density at radius 1 is 1.10 bits per heavy atom. The lowest BCUT2D eigenvalue weighted by atomic mass is 10.1. The summed E-state index contributed by atoms with van der Waals surface area (Å²) in [7, 11) is 0. The quantitative estimate of drug-likeness (QED) is 0.737. The lowest BCUT2D eigenvalue weighted by Crippen LogP contribution is -2.52. The number of hydrogen-bond acceptors (Lipinski definition) is 4. The van der Waals surface area contributed by atoms with E-state index in [1.54, 1.807) is 17.0 Å². The number of nitrogens with one attached hydrogen (secondary N) is 1. The van der Waals surface area contributed by atoms with E-state index in [0.29, 0.717) is 26.2 Å². The zero-order chi connectivity index (χ0) is 22.4. The maximum Gasteiger partial charge on any atom is 0.318 e. The molecule has 0 saturated carbocycles. The number of piperazine rings is 1. The zero-order valence-corrected chi connectivity index (χ0v) is 19.3. The van der Waals surface area contributed by atoms with Crippen LogP contribution in [0.3, 0.4) is 0 Å². The molecule has 6 nitrogen and oxygen atoms in total. The third-order valence-electron chi connectivity index (χ3n) is 5.13. The van der Waals surface area contributed by atoms with Gasteiger partial charge in [-0.15, -0.1) is 11.3 Å². The van der Waals surface area contributed by atoms with Crippen molar-refractivity contribution in [2.75, 3.05) is 39.3 Å². The molecule has 1 aromatic heterocycles. The number of halogens is 1. The van der Waals surface area contributed by atoms with Gasteiger partial charge in [-0.2, -0.15) is 0 Å². The summed E-state index contributed by atoms with van der Waals surface area (Å²) in [5.41, 5.74) is 0.545. The summed E-state index contributed by atoms with van der Waals surface area (Å²) < 4.78 is 13.2. The van der Waals surface area contributed by atoms with Crippen LogP contribution in [0.15, 0.2) is 41.8 Å². The van der Waals surface area contributed by atoms with Gasteiger partial charge in [-0.25, -0.2) is 9.18 Å². The molecule has 0 spiro atoms. The summed E-state index contributed by atoms with van der Waals surface area (Å²) in [5, 5.41) is 4.94. The minimum atomic E-state index is -0.341. The fraction of sp³-hybridized carbons (Fsp3) is 0.478. The van der Waals surface area contributed by atoms with E-state index in [-0.39, 0.29) is 23.3 Å². The normalized spacial score (nSPS) is 15.0. The first-order chi connectivity index (χ1) is 14.7. The van der Waals surface area contributed by atoms with Crippen molar-refractivity contribution >= 4 is 23.3 Å². The van der Waals surface area contributed by atoms with E-state index in [0.717, 1.165) is 30.1 Å². The van der Waals surface area contributed by atoms with Crippen LogP contribution in [0.25, 0.3) is 0 Å². The number of carbonyl (C=O) groups excluding carboxylic acids is 2. The Hall–Kier alpha value is -2.45. The number of urea groups is 1. The van der Waals surface area contributed by atoms with Crippen LogP contribution in [0, 0.1) is 5.82 Å². The van der Waals surface area contributed by atoms with Crippen LogP contribution < -0.4 is 5.32 Å². The minimum absolute atomic E-state index is 0.0946. The predicted octanol–water partition coefficient (Wildman–Crippen LogP) is 3.66. The molecule has 3 rings (SSSR count). The average molecular weight is 447 g/mol. The molecule has 0 radical (unpaired) electrons. The Labute approximate surface area is 187 Å². The van der Waals surface area contributed by atoms with Crippen molar-refractivity contribution in [1.29, 1.82) is 0 Å². The summed E-state index contributed by atoms with van der Waals surface area (Å²) in [6.45, 7) is 10.5. The van der Waals surface area contributed by atoms with Crippen LogP contribution in [0.1, 0.15) is 36.0 Å². The highest BCUT2D eigenvalue weighted by molar-refractivity contribution is 7.12. The van der Waals surface area contributed by atoms with Gasteiger partial charge in [0.1, 0.15) is 5.82 Å². The second kappa shape index (κ2) is 10.2. The maximum atomic E-state index is 13.2. The van der Waals surface area contributed by atoms with Crippen LogP contribution in [0.2, 0.25) is 0 Å². The second-order valence-electron chi connectivity index (χ2n) is 8.84. The fourth-order valence-electron chi connectivity index (χ4n) is 3.46. The summed E-state index contributed by atoms with van der Waals surface area (Å²) in [5.74, 6) is -0.193. The maximum absolute atomic E-state index is 13.2. The van der Waals surface area contributed by atoms with Crippen LogP contribution in [-0.4, -0.2) is 71.4 Å². The molecule has 1 aliphatic heterocycles. The zero-order valence-electron chi connectivity index (χ0n) is 18.4. The smallest absolute Gasteiger partial charge is 0.318 e. The van der Waals surface area contributed by atoms with Crippen LogP contribution in [0.4, 0.5) is 9.18 Å². The molecule has 0 unspecified atom stereocenters. The lowest BCUT2D eigenvalue weighted by molar-refractivity contribution is 0.0632. The highest BCUT2D eigenvalue weighted by atomic mass is 32.1. The molecule has 2 heterocycles. The number of carbonyl (C=O) groups is 2. The Balaban J connectivity index is 1.55.